The number of hydrogen-bond acceptors (Lipinski definition) is 11. The molecule has 1 heterocycles. The Morgan fingerprint density at radius 3 is 1.64 bits per heavy atom. The zero-order chi connectivity index (χ0) is 32.5. The number of carbonyl (C=O) groups is 5. The van der Waals surface area contributed by atoms with Crippen LogP contribution in [-0.4, -0.2) is 29.8 Å². The van der Waals surface area contributed by atoms with Gasteiger partial charge in [0.05, 0.1) is 0 Å². The molecule has 45 heavy (non-hydrogen) atoms. The summed E-state index contributed by atoms with van der Waals surface area (Å²) in [6, 6.07) is 6.71. The number of esters is 5. The SMILES string of the molecule is CC(=O)Oc1ccc2c(c1OC(C)=O)O[C@]1(c3ccc(OC(C)=O)c(OC(C)=O)c3OC(C)=O)CCCC[C@H]1C21CCCCC1. The molecule has 2 fully saturated rings. The molecule has 0 aromatic heterocycles. The van der Waals surface area contributed by atoms with E-state index in [1.54, 1.807) is 12.1 Å². The van der Waals surface area contributed by atoms with Crippen molar-refractivity contribution in [1.82, 2.24) is 0 Å². The van der Waals surface area contributed by atoms with Gasteiger partial charge in [-0.1, -0.05) is 31.7 Å². The fraction of sp³-hybridized carbons (Fsp3) is 0.500. The fourth-order valence-electron chi connectivity index (χ4n) is 7.65. The predicted molar refractivity (Wildman–Crippen MR) is 158 cm³/mol. The molecular weight excluding hydrogens is 584 g/mol. The summed E-state index contributed by atoms with van der Waals surface area (Å²) in [6.07, 6.45) is 7.58. The molecule has 11 heteroatoms. The van der Waals surface area contributed by atoms with Gasteiger partial charge >= 0.3 is 29.8 Å². The summed E-state index contributed by atoms with van der Waals surface area (Å²) in [6.45, 7) is 6.13. The van der Waals surface area contributed by atoms with Crippen molar-refractivity contribution < 1.29 is 52.4 Å². The summed E-state index contributed by atoms with van der Waals surface area (Å²) in [5, 5.41) is 0. The van der Waals surface area contributed by atoms with E-state index in [0.717, 1.165) is 56.9 Å². The number of ether oxygens (including phenoxy) is 6. The maximum absolute atomic E-state index is 12.6. The van der Waals surface area contributed by atoms with Crippen LogP contribution in [0.3, 0.4) is 0 Å². The van der Waals surface area contributed by atoms with E-state index >= 15 is 0 Å². The first-order valence-electron chi connectivity index (χ1n) is 15.3. The van der Waals surface area contributed by atoms with Crippen LogP contribution in [0.5, 0.6) is 34.5 Å². The Hall–Kier alpha value is -4.41. The number of benzene rings is 2. The molecule has 0 amide bonds. The molecule has 1 aliphatic heterocycles. The molecule has 2 atom stereocenters. The van der Waals surface area contributed by atoms with Crippen LogP contribution in [0.2, 0.25) is 0 Å². The van der Waals surface area contributed by atoms with Gasteiger partial charge in [0, 0.05) is 57.1 Å². The minimum absolute atomic E-state index is 0.00525. The molecule has 2 aromatic carbocycles. The summed E-state index contributed by atoms with van der Waals surface area (Å²) >= 11 is 0. The normalized spacial score (nSPS) is 21.3. The van der Waals surface area contributed by atoms with Gasteiger partial charge in [-0.05, 0) is 50.3 Å². The maximum Gasteiger partial charge on any atom is 0.308 e. The Balaban J connectivity index is 1.85. The first-order chi connectivity index (χ1) is 21.4. The minimum atomic E-state index is -1.17. The maximum atomic E-state index is 12.6. The summed E-state index contributed by atoms with van der Waals surface area (Å²) in [5.74, 6) is -3.51. The van der Waals surface area contributed by atoms with Crippen molar-refractivity contribution in [2.24, 2.45) is 5.92 Å². The molecule has 0 saturated heterocycles. The molecule has 240 valence electrons. The van der Waals surface area contributed by atoms with Crippen LogP contribution in [0.4, 0.5) is 0 Å². The molecule has 2 aliphatic carbocycles. The van der Waals surface area contributed by atoms with Gasteiger partial charge in [0.25, 0.3) is 0 Å². The standard InChI is InChI=1S/C34H38O11/c1-19(35)40-26-15-13-25(29(42-21(3)37)31(26)43-22(4)38)34-18-10-7-11-28(34)33(16-8-6-9-17-33)24-12-14-27(41-20(2)36)32(30(24)45-34)44-23(5)39/h12-15,28H,6-11,16-18H2,1-5H3/t28-,34-/m0/s1. The Kier molecular flexibility index (Phi) is 8.91. The van der Waals surface area contributed by atoms with Crippen LogP contribution in [0.25, 0.3) is 0 Å². The second-order valence-electron chi connectivity index (χ2n) is 12.0. The van der Waals surface area contributed by atoms with Crippen molar-refractivity contribution in [3.63, 3.8) is 0 Å². The van der Waals surface area contributed by atoms with Crippen LogP contribution in [-0.2, 0) is 35.0 Å². The first-order valence-corrected chi connectivity index (χ1v) is 15.3. The van der Waals surface area contributed by atoms with Crippen LogP contribution in [0, 0.1) is 5.92 Å². The van der Waals surface area contributed by atoms with Crippen LogP contribution in [0.15, 0.2) is 24.3 Å². The molecular formula is C34H38O11. The van der Waals surface area contributed by atoms with Crippen molar-refractivity contribution in [2.75, 3.05) is 0 Å². The lowest BCUT2D eigenvalue weighted by molar-refractivity contribution is -0.136. The van der Waals surface area contributed by atoms with Gasteiger partial charge in [0.2, 0.25) is 11.5 Å². The van der Waals surface area contributed by atoms with Gasteiger partial charge in [-0.2, -0.15) is 0 Å². The van der Waals surface area contributed by atoms with E-state index in [1.807, 2.05) is 6.07 Å². The van der Waals surface area contributed by atoms with Crippen molar-refractivity contribution in [2.45, 2.75) is 103 Å². The molecule has 11 nitrogen and oxygen atoms in total. The summed E-state index contributed by atoms with van der Waals surface area (Å²) < 4.78 is 35.0. The monoisotopic (exact) mass is 622 g/mol. The largest absolute Gasteiger partial charge is 0.478 e. The van der Waals surface area contributed by atoms with Gasteiger partial charge < -0.3 is 28.4 Å². The zero-order valence-electron chi connectivity index (χ0n) is 26.2. The minimum Gasteiger partial charge on any atom is -0.478 e. The van der Waals surface area contributed by atoms with E-state index in [0.29, 0.717) is 12.0 Å². The molecule has 3 aliphatic rings. The summed E-state index contributed by atoms with van der Waals surface area (Å²) in [4.78, 5) is 61.4. The van der Waals surface area contributed by atoms with Gasteiger partial charge in [-0.3, -0.25) is 24.0 Å². The van der Waals surface area contributed by atoms with E-state index in [2.05, 4.69) is 0 Å². The predicted octanol–water partition coefficient (Wildman–Crippen LogP) is 5.99. The quantitative estimate of drug-likeness (QED) is 0.277. The molecule has 0 bridgehead atoms. The van der Waals surface area contributed by atoms with Crippen molar-refractivity contribution >= 4 is 29.8 Å². The van der Waals surface area contributed by atoms with Gasteiger partial charge in [0.15, 0.2) is 23.0 Å². The van der Waals surface area contributed by atoms with E-state index in [-0.39, 0.29) is 40.4 Å². The van der Waals surface area contributed by atoms with Crippen LogP contribution < -0.4 is 28.4 Å². The molecule has 1 spiro atoms. The van der Waals surface area contributed by atoms with E-state index in [1.165, 1.54) is 40.7 Å². The van der Waals surface area contributed by atoms with Crippen LogP contribution in [0.1, 0.15) is 104 Å². The van der Waals surface area contributed by atoms with Crippen LogP contribution >= 0.6 is 0 Å². The second-order valence-corrected chi connectivity index (χ2v) is 12.0. The zero-order valence-corrected chi connectivity index (χ0v) is 26.2. The fourth-order valence-corrected chi connectivity index (χ4v) is 7.65. The Morgan fingerprint density at radius 2 is 1.07 bits per heavy atom. The molecule has 0 radical (unpaired) electrons. The van der Waals surface area contributed by atoms with Crippen molar-refractivity contribution in [1.29, 1.82) is 0 Å². The average Bonchev–Trinajstić information content (AvgIpc) is 2.95. The lowest BCUT2D eigenvalue weighted by atomic mass is 9.51. The molecule has 2 saturated carbocycles. The highest BCUT2D eigenvalue weighted by Gasteiger charge is 2.61. The first kappa shape index (κ1) is 32.0. The number of hydrogen-bond donors (Lipinski definition) is 0. The van der Waals surface area contributed by atoms with E-state index in [9.17, 15) is 24.0 Å². The summed E-state index contributed by atoms with van der Waals surface area (Å²) in [7, 11) is 0. The number of fused-ring (bicyclic) bond motifs is 4. The molecule has 2 aromatic rings. The number of carbonyl (C=O) groups excluding carboxylic acids is 5. The van der Waals surface area contributed by atoms with E-state index in [4.69, 9.17) is 28.4 Å². The topological polar surface area (TPSA) is 141 Å². The highest BCUT2D eigenvalue weighted by atomic mass is 16.6. The highest BCUT2D eigenvalue weighted by molar-refractivity contribution is 5.80. The highest BCUT2D eigenvalue weighted by Crippen LogP contribution is 2.66. The third-order valence-corrected chi connectivity index (χ3v) is 8.94. The average molecular weight is 623 g/mol. The Labute approximate surface area is 261 Å². The van der Waals surface area contributed by atoms with Gasteiger partial charge in [0.1, 0.15) is 5.60 Å². The van der Waals surface area contributed by atoms with Crippen molar-refractivity contribution in [3.05, 3.63) is 35.4 Å². The third-order valence-electron chi connectivity index (χ3n) is 8.94. The molecule has 5 rings (SSSR count). The smallest absolute Gasteiger partial charge is 0.308 e. The van der Waals surface area contributed by atoms with E-state index < -0.39 is 40.9 Å². The summed E-state index contributed by atoms with van der Waals surface area (Å²) in [5.41, 5.74) is -0.306. The lowest BCUT2D eigenvalue weighted by Gasteiger charge is -2.58. The number of rotatable bonds is 6. The third kappa shape index (κ3) is 6.00. The molecule has 0 unspecified atom stereocenters. The second kappa shape index (κ2) is 12.5. The van der Waals surface area contributed by atoms with Crippen molar-refractivity contribution in [3.8, 4) is 34.5 Å². The van der Waals surface area contributed by atoms with Gasteiger partial charge in [-0.25, -0.2) is 0 Å². The lowest BCUT2D eigenvalue weighted by Crippen LogP contribution is -2.57. The molecule has 0 N–H and O–H groups in total. The Bertz CT molecular complexity index is 1550. The van der Waals surface area contributed by atoms with Gasteiger partial charge in [-0.15, -0.1) is 0 Å². The Morgan fingerprint density at radius 1 is 0.578 bits per heavy atom.